The van der Waals surface area contributed by atoms with Crippen LogP contribution in [-0.4, -0.2) is 51.8 Å². The molecule has 3 aromatic rings. The summed E-state index contributed by atoms with van der Waals surface area (Å²) in [5.74, 6) is -1.31. The van der Waals surface area contributed by atoms with Crippen molar-refractivity contribution in [3.05, 3.63) is 87.4 Å². The van der Waals surface area contributed by atoms with Crippen molar-refractivity contribution in [2.45, 2.75) is 25.1 Å². The fraction of sp³-hybridized carbons (Fsp3) is 0.240. The third-order valence-electron chi connectivity index (χ3n) is 6.24. The van der Waals surface area contributed by atoms with Crippen molar-refractivity contribution < 1.29 is 23.1 Å². The van der Waals surface area contributed by atoms with Crippen LogP contribution in [0.4, 0.5) is 19.0 Å². The largest absolute Gasteiger partial charge is 0.477 e. The summed E-state index contributed by atoms with van der Waals surface area (Å²) in [5, 5.41) is 11.5. The number of allylic oxidation sites excluding steroid dienone is 1. The highest BCUT2D eigenvalue weighted by Gasteiger charge is 2.48. The molecular weight excluding hydrogens is 475 g/mol. The van der Waals surface area contributed by atoms with Gasteiger partial charge in [-0.05, 0) is 24.1 Å². The van der Waals surface area contributed by atoms with Crippen molar-refractivity contribution in [3.8, 4) is 0 Å². The van der Waals surface area contributed by atoms with Gasteiger partial charge in [-0.1, -0.05) is 30.3 Å². The van der Waals surface area contributed by atoms with Crippen LogP contribution in [0.5, 0.6) is 0 Å². The van der Waals surface area contributed by atoms with Gasteiger partial charge >= 0.3 is 18.0 Å². The Morgan fingerprint density at radius 2 is 1.94 bits per heavy atom. The topological polar surface area (TPSA) is 101 Å². The van der Waals surface area contributed by atoms with Gasteiger partial charge in [-0.25, -0.2) is 19.8 Å². The number of carboxylic acids is 1. The molecule has 1 unspecified atom stereocenters. The van der Waals surface area contributed by atoms with Crippen LogP contribution in [0, 0.1) is 6.92 Å². The van der Waals surface area contributed by atoms with E-state index in [4.69, 9.17) is 0 Å². The maximum atomic E-state index is 14.3. The molecule has 4 heterocycles. The minimum atomic E-state index is -4.84. The Kier molecular flexibility index (Phi) is 5.64. The minimum absolute atomic E-state index is 0.162. The monoisotopic (exact) mass is 496 g/mol. The van der Waals surface area contributed by atoms with Crippen LogP contribution in [0.2, 0.25) is 0 Å². The molecule has 2 aliphatic heterocycles. The number of fused-ring (bicyclic) bond motifs is 1. The number of benzene rings is 1. The molecular formula is C25H21F3N5O3+. The van der Waals surface area contributed by atoms with Gasteiger partial charge in [-0.3, -0.25) is 9.20 Å². The molecule has 5 rings (SSSR count). The molecule has 1 saturated heterocycles. The maximum absolute atomic E-state index is 14.3. The predicted molar refractivity (Wildman–Crippen MR) is 128 cm³/mol. The molecule has 8 nitrogen and oxygen atoms in total. The Labute approximate surface area is 202 Å². The number of rotatable bonds is 5. The quantitative estimate of drug-likeness (QED) is 0.526. The highest BCUT2D eigenvalue weighted by atomic mass is 19.4. The average molecular weight is 496 g/mol. The SMILES string of the molecule is Cc1cc(C(NC2=[N+]=CC=C2C(=O)O)C(F)(F)F)c2nc(N3CC(c4ccccc4)C3)cc(=O)n2c1. The van der Waals surface area contributed by atoms with Gasteiger partial charge in [0.05, 0.1) is 0 Å². The number of nitrogens with one attached hydrogen (secondary N) is 1. The van der Waals surface area contributed by atoms with Crippen LogP contribution >= 0.6 is 0 Å². The number of aryl methyl sites for hydroxylation is 1. The van der Waals surface area contributed by atoms with Crippen LogP contribution in [0.15, 0.2) is 65.1 Å². The molecule has 0 aliphatic carbocycles. The Balaban J connectivity index is 1.55. The molecule has 0 bridgehead atoms. The standard InChI is InChI=1S/C25H20F3N5O3/c1-14-9-18(21(25(26,27)28)31-22-17(24(35)36)7-8-29-22)23-30-19(10-20(34)33(23)11-14)32-12-16(13-32)15-5-3-2-4-6-15/h2-11,16,21H,12-13H2,1H3,(H,35,36)/p+1. The van der Waals surface area contributed by atoms with Crippen molar-refractivity contribution in [3.63, 3.8) is 0 Å². The molecule has 0 amide bonds. The summed E-state index contributed by atoms with van der Waals surface area (Å²) in [7, 11) is 0. The second-order valence-corrected chi connectivity index (χ2v) is 8.76. The highest BCUT2D eigenvalue weighted by Crippen LogP contribution is 2.36. The number of carboxylic acid groups (broad SMARTS) is 1. The lowest BCUT2D eigenvalue weighted by atomic mass is 9.91. The molecule has 0 spiro atoms. The number of hydrogen-bond acceptors (Lipinski definition) is 5. The summed E-state index contributed by atoms with van der Waals surface area (Å²) >= 11 is 0. The van der Waals surface area contributed by atoms with E-state index in [1.807, 2.05) is 35.2 Å². The summed E-state index contributed by atoms with van der Waals surface area (Å²) in [5.41, 5.74) is 0.180. The first-order valence-corrected chi connectivity index (χ1v) is 11.1. The smallest absolute Gasteiger partial charge is 0.433 e. The molecule has 184 valence electrons. The van der Waals surface area contributed by atoms with Crippen LogP contribution < -0.4 is 20.4 Å². The van der Waals surface area contributed by atoms with E-state index >= 15 is 0 Å². The fourth-order valence-electron chi connectivity index (χ4n) is 4.43. The Bertz CT molecular complexity index is 1520. The Morgan fingerprint density at radius 3 is 2.61 bits per heavy atom. The number of pyridine rings is 1. The van der Waals surface area contributed by atoms with E-state index in [9.17, 15) is 27.9 Å². The summed E-state index contributed by atoms with van der Waals surface area (Å²) < 4.78 is 47.7. The molecule has 1 atom stereocenters. The van der Waals surface area contributed by atoms with Gasteiger partial charge in [0.25, 0.3) is 5.56 Å². The van der Waals surface area contributed by atoms with E-state index in [2.05, 4.69) is 15.0 Å². The second-order valence-electron chi connectivity index (χ2n) is 8.76. The Morgan fingerprint density at radius 1 is 1.22 bits per heavy atom. The molecule has 0 saturated carbocycles. The lowest BCUT2D eigenvalue weighted by molar-refractivity contribution is -0.153. The Hall–Kier alpha value is -4.37. The van der Waals surface area contributed by atoms with E-state index in [0.717, 1.165) is 22.3 Å². The second kappa shape index (κ2) is 8.69. The number of nitrogens with zero attached hydrogens (tertiary/aromatic N) is 4. The molecule has 36 heavy (non-hydrogen) atoms. The zero-order valence-electron chi connectivity index (χ0n) is 19.0. The van der Waals surface area contributed by atoms with E-state index in [1.165, 1.54) is 18.3 Å². The molecule has 2 N–H and O–H groups in total. The number of aromatic nitrogens is 2. The van der Waals surface area contributed by atoms with Gasteiger partial charge in [0.1, 0.15) is 11.5 Å². The van der Waals surface area contributed by atoms with Gasteiger partial charge in [0.15, 0.2) is 11.8 Å². The minimum Gasteiger partial charge on any atom is -0.477 e. The number of halogens is 3. The molecule has 2 aliphatic rings. The normalized spacial score (nSPS) is 16.5. The molecule has 1 fully saturated rings. The summed E-state index contributed by atoms with van der Waals surface area (Å²) in [6, 6.07) is 10.1. The summed E-state index contributed by atoms with van der Waals surface area (Å²) in [6.45, 7) is 2.72. The number of amidine groups is 1. The average Bonchev–Trinajstić information content (AvgIpc) is 3.25. The number of aliphatic carboxylic acids is 1. The van der Waals surface area contributed by atoms with E-state index in [1.54, 1.807) is 6.92 Å². The van der Waals surface area contributed by atoms with Crippen molar-refractivity contribution in [2.75, 3.05) is 18.0 Å². The number of hydrogen-bond donors (Lipinski definition) is 2. The zero-order valence-corrected chi connectivity index (χ0v) is 19.0. The van der Waals surface area contributed by atoms with Crippen molar-refractivity contribution in [1.29, 1.82) is 0 Å². The van der Waals surface area contributed by atoms with Gasteiger partial charge in [0.2, 0.25) is 6.04 Å². The van der Waals surface area contributed by atoms with Crippen molar-refractivity contribution >= 4 is 29.5 Å². The molecule has 2 aromatic heterocycles. The number of carbonyl (C=O) groups is 1. The highest BCUT2D eigenvalue weighted by molar-refractivity contribution is 6.22. The van der Waals surface area contributed by atoms with Gasteiger partial charge in [-0.15, -0.1) is 0 Å². The van der Waals surface area contributed by atoms with Crippen molar-refractivity contribution in [2.24, 2.45) is 0 Å². The number of alkyl halides is 3. The first-order chi connectivity index (χ1) is 17.1. The van der Waals surface area contributed by atoms with Crippen LogP contribution in [0.3, 0.4) is 0 Å². The van der Waals surface area contributed by atoms with Gasteiger partial charge < -0.3 is 10.0 Å². The van der Waals surface area contributed by atoms with E-state index in [-0.39, 0.29) is 28.5 Å². The first-order valence-electron chi connectivity index (χ1n) is 11.1. The van der Waals surface area contributed by atoms with Gasteiger partial charge in [0, 0.05) is 42.9 Å². The third kappa shape index (κ3) is 4.25. The predicted octanol–water partition coefficient (Wildman–Crippen LogP) is 2.36. The number of anilines is 1. The molecule has 11 heteroatoms. The summed E-state index contributed by atoms with van der Waals surface area (Å²) in [4.78, 5) is 30.7. The summed E-state index contributed by atoms with van der Waals surface area (Å²) in [6.07, 6.45) is -1.19. The zero-order chi connectivity index (χ0) is 25.6. The van der Waals surface area contributed by atoms with E-state index in [0.29, 0.717) is 18.7 Å². The lowest BCUT2D eigenvalue weighted by Gasteiger charge is -2.40. The van der Waals surface area contributed by atoms with E-state index < -0.39 is 29.6 Å². The fourth-order valence-corrected chi connectivity index (χ4v) is 4.43. The van der Waals surface area contributed by atoms with Crippen LogP contribution in [0.1, 0.15) is 28.7 Å². The van der Waals surface area contributed by atoms with Crippen LogP contribution in [0.25, 0.3) is 5.65 Å². The molecule has 0 radical (unpaired) electrons. The van der Waals surface area contributed by atoms with Gasteiger partial charge in [-0.2, -0.15) is 13.2 Å². The van der Waals surface area contributed by atoms with Crippen molar-refractivity contribution in [1.82, 2.24) is 19.4 Å². The van der Waals surface area contributed by atoms with Crippen LogP contribution in [-0.2, 0) is 4.79 Å². The molecule has 1 aromatic carbocycles. The maximum Gasteiger partial charge on any atom is 0.433 e. The first kappa shape index (κ1) is 23.4. The third-order valence-corrected chi connectivity index (χ3v) is 6.24. The lowest BCUT2D eigenvalue weighted by Crippen LogP contribution is -2.46.